The molecule has 29 heavy (non-hydrogen) atoms. The van der Waals surface area contributed by atoms with E-state index in [0.717, 1.165) is 28.6 Å². The SMILES string of the molecule is O=C(c1cc(Cl)cc(Cl)c1)N1CCN(S(=O)(=O)c2ccc(C(F)(F)F)cc2)CC1. The average molecular weight is 467 g/mol. The zero-order valence-electron chi connectivity index (χ0n) is 14.8. The van der Waals surface area contributed by atoms with Crippen molar-refractivity contribution in [2.75, 3.05) is 26.2 Å². The van der Waals surface area contributed by atoms with Crippen LogP contribution >= 0.6 is 23.2 Å². The lowest BCUT2D eigenvalue weighted by Gasteiger charge is -2.34. The first-order valence-electron chi connectivity index (χ1n) is 8.41. The van der Waals surface area contributed by atoms with Gasteiger partial charge in [-0.1, -0.05) is 23.2 Å². The normalized spacial score (nSPS) is 16.1. The van der Waals surface area contributed by atoms with Crippen LogP contribution in [0.1, 0.15) is 15.9 Å². The molecule has 5 nitrogen and oxygen atoms in total. The molecule has 1 fully saturated rings. The first-order valence-corrected chi connectivity index (χ1v) is 10.6. The highest BCUT2D eigenvalue weighted by atomic mass is 35.5. The Hall–Kier alpha value is -1.81. The maximum Gasteiger partial charge on any atom is 0.416 e. The van der Waals surface area contributed by atoms with Gasteiger partial charge in [-0.25, -0.2) is 8.42 Å². The predicted octanol–water partition coefficient (Wildman–Crippen LogP) is 4.16. The molecule has 0 aromatic heterocycles. The molecule has 0 saturated carbocycles. The van der Waals surface area contributed by atoms with Gasteiger partial charge in [0.15, 0.2) is 0 Å². The predicted molar refractivity (Wildman–Crippen MR) is 103 cm³/mol. The van der Waals surface area contributed by atoms with E-state index >= 15 is 0 Å². The lowest BCUT2D eigenvalue weighted by molar-refractivity contribution is -0.137. The zero-order chi connectivity index (χ0) is 21.4. The molecule has 1 aliphatic heterocycles. The van der Waals surface area contributed by atoms with E-state index in [9.17, 15) is 26.4 Å². The summed E-state index contributed by atoms with van der Waals surface area (Å²) in [6.07, 6.45) is -4.54. The van der Waals surface area contributed by atoms with Crippen LogP contribution in [0.4, 0.5) is 13.2 Å². The van der Waals surface area contributed by atoms with Crippen LogP contribution in [0.3, 0.4) is 0 Å². The molecule has 1 amide bonds. The summed E-state index contributed by atoms with van der Waals surface area (Å²) in [6.45, 7) is 0.290. The fourth-order valence-corrected chi connectivity index (χ4v) is 4.90. The minimum Gasteiger partial charge on any atom is -0.336 e. The van der Waals surface area contributed by atoms with E-state index in [1.54, 1.807) is 0 Å². The van der Waals surface area contributed by atoms with Crippen LogP contribution < -0.4 is 0 Å². The number of hydrogen-bond donors (Lipinski definition) is 0. The van der Waals surface area contributed by atoms with E-state index in [-0.39, 0.29) is 37.0 Å². The Balaban J connectivity index is 1.70. The molecular weight excluding hydrogens is 452 g/mol. The number of alkyl halides is 3. The van der Waals surface area contributed by atoms with Crippen molar-refractivity contribution in [1.29, 1.82) is 0 Å². The van der Waals surface area contributed by atoms with E-state index < -0.39 is 21.8 Å². The van der Waals surface area contributed by atoms with Crippen LogP contribution in [0.5, 0.6) is 0 Å². The van der Waals surface area contributed by atoms with Crippen molar-refractivity contribution in [3.63, 3.8) is 0 Å². The van der Waals surface area contributed by atoms with Crippen LogP contribution in [0.2, 0.25) is 10.0 Å². The van der Waals surface area contributed by atoms with Gasteiger partial charge < -0.3 is 4.90 Å². The van der Waals surface area contributed by atoms with Crippen LogP contribution in [-0.4, -0.2) is 49.7 Å². The molecule has 2 aromatic carbocycles. The molecule has 0 atom stereocenters. The molecule has 3 rings (SSSR count). The third-order valence-electron chi connectivity index (χ3n) is 4.45. The first-order chi connectivity index (χ1) is 13.5. The number of carbonyl (C=O) groups is 1. The molecule has 0 bridgehead atoms. The molecule has 0 radical (unpaired) electrons. The summed E-state index contributed by atoms with van der Waals surface area (Å²) in [5.41, 5.74) is -0.631. The van der Waals surface area contributed by atoms with Crippen LogP contribution in [0.25, 0.3) is 0 Å². The second-order valence-electron chi connectivity index (χ2n) is 6.38. The minimum absolute atomic E-state index is 0.0173. The Kier molecular flexibility index (Phi) is 6.14. The molecule has 0 aliphatic carbocycles. The van der Waals surface area contributed by atoms with Gasteiger partial charge in [0.2, 0.25) is 10.0 Å². The second kappa shape index (κ2) is 8.14. The largest absolute Gasteiger partial charge is 0.416 e. The standard InChI is InChI=1S/C18H15Cl2F3N2O3S/c19-14-9-12(10-15(20)11-14)17(26)24-5-7-25(8-6-24)29(27,28)16-3-1-13(2-4-16)18(21,22)23/h1-4,9-11H,5-8H2. The summed E-state index contributed by atoms with van der Waals surface area (Å²) < 4.78 is 64.5. The lowest BCUT2D eigenvalue weighted by Crippen LogP contribution is -2.50. The summed E-state index contributed by atoms with van der Waals surface area (Å²) in [7, 11) is -3.97. The molecule has 1 heterocycles. The van der Waals surface area contributed by atoms with Crippen LogP contribution in [0, 0.1) is 0 Å². The molecule has 0 N–H and O–H groups in total. The van der Waals surface area contributed by atoms with E-state index in [1.807, 2.05) is 0 Å². The van der Waals surface area contributed by atoms with Gasteiger partial charge in [0.25, 0.3) is 5.91 Å². The van der Waals surface area contributed by atoms with E-state index in [2.05, 4.69) is 0 Å². The number of carbonyl (C=O) groups excluding carboxylic acids is 1. The Morgan fingerprint density at radius 2 is 1.41 bits per heavy atom. The van der Waals surface area contributed by atoms with Gasteiger partial charge in [-0.3, -0.25) is 4.79 Å². The van der Waals surface area contributed by atoms with Crippen molar-refractivity contribution in [3.8, 4) is 0 Å². The minimum atomic E-state index is -4.54. The van der Waals surface area contributed by atoms with Gasteiger partial charge >= 0.3 is 6.18 Å². The van der Waals surface area contributed by atoms with Crippen molar-refractivity contribution in [2.45, 2.75) is 11.1 Å². The summed E-state index contributed by atoms with van der Waals surface area (Å²) in [5, 5.41) is 0.619. The number of sulfonamides is 1. The fraction of sp³-hybridized carbons (Fsp3) is 0.278. The number of rotatable bonds is 3. The van der Waals surface area contributed by atoms with Crippen LogP contribution in [-0.2, 0) is 16.2 Å². The maximum absolute atomic E-state index is 12.7. The molecular formula is C18H15Cl2F3N2O3S. The molecule has 156 valence electrons. The van der Waals surface area contributed by atoms with Gasteiger partial charge in [0.1, 0.15) is 0 Å². The van der Waals surface area contributed by atoms with Gasteiger partial charge in [-0.05, 0) is 42.5 Å². The summed E-state index contributed by atoms with van der Waals surface area (Å²) >= 11 is 11.8. The smallest absolute Gasteiger partial charge is 0.336 e. The van der Waals surface area contributed by atoms with Gasteiger partial charge in [0, 0.05) is 41.8 Å². The summed E-state index contributed by atoms with van der Waals surface area (Å²) in [6, 6.07) is 7.77. The third kappa shape index (κ3) is 4.85. The average Bonchev–Trinajstić information content (AvgIpc) is 2.66. The topological polar surface area (TPSA) is 57.7 Å². The third-order valence-corrected chi connectivity index (χ3v) is 6.80. The number of nitrogens with zero attached hydrogens (tertiary/aromatic N) is 2. The monoisotopic (exact) mass is 466 g/mol. The highest BCUT2D eigenvalue weighted by Gasteiger charge is 2.33. The van der Waals surface area contributed by atoms with E-state index in [0.29, 0.717) is 15.6 Å². The Morgan fingerprint density at radius 3 is 1.90 bits per heavy atom. The van der Waals surface area contributed by atoms with E-state index in [4.69, 9.17) is 23.2 Å². The number of halogens is 5. The highest BCUT2D eigenvalue weighted by Crippen LogP contribution is 2.30. The molecule has 11 heteroatoms. The van der Waals surface area contributed by atoms with Crippen molar-refractivity contribution >= 4 is 39.1 Å². The van der Waals surface area contributed by atoms with Gasteiger partial charge in [-0.2, -0.15) is 17.5 Å². The quantitative estimate of drug-likeness (QED) is 0.682. The first kappa shape index (κ1) is 21.9. The number of hydrogen-bond acceptors (Lipinski definition) is 3. The van der Waals surface area contributed by atoms with Crippen molar-refractivity contribution < 1.29 is 26.4 Å². The molecule has 1 aliphatic rings. The highest BCUT2D eigenvalue weighted by molar-refractivity contribution is 7.89. The Labute approximate surface area is 175 Å². The second-order valence-corrected chi connectivity index (χ2v) is 9.19. The van der Waals surface area contributed by atoms with Crippen molar-refractivity contribution in [2.24, 2.45) is 0 Å². The van der Waals surface area contributed by atoms with Crippen molar-refractivity contribution in [3.05, 3.63) is 63.6 Å². The van der Waals surface area contributed by atoms with Gasteiger partial charge in [0.05, 0.1) is 10.5 Å². The van der Waals surface area contributed by atoms with Crippen molar-refractivity contribution in [1.82, 2.24) is 9.21 Å². The number of amides is 1. The number of piperazine rings is 1. The zero-order valence-corrected chi connectivity index (χ0v) is 17.1. The molecule has 0 spiro atoms. The van der Waals surface area contributed by atoms with Gasteiger partial charge in [-0.15, -0.1) is 0 Å². The van der Waals surface area contributed by atoms with E-state index in [1.165, 1.54) is 23.1 Å². The summed E-state index contributed by atoms with van der Waals surface area (Å²) in [4.78, 5) is 13.8. The fourth-order valence-electron chi connectivity index (χ4n) is 2.96. The lowest BCUT2D eigenvalue weighted by atomic mass is 10.2. The Bertz CT molecular complexity index is 999. The molecule has 1 saturated heterocycles. The maximum atomic E-state index is 12.7. The Morgan fingerprint density at radius 1 is 0.897 bits per heavy atom. The number of benzene rings is 2. The summed E-state index contributed by atoms with van der Waals surface area (Å²) in [5.74, 6) is -0.332. The van der Waals surface area contributed by atoms with Crippen LogP contribution in [0.15, 0.2) is 47.4 Å². The molecule has 2 aromatic rings. The molecule has 0 unspecified atom stereocenters.